The summed E-state index contributed by atoms with van der Waals surface area (Å²) in [6.07, 6.45) is 3.60. The number of nitrogens with one attached hydrogen (secondary N) is 1. The highest BCUT2D eigenvalue weighted by Gasteiger charge is 2.31. The van der Waals surface area contributed by atoms with Crippen molar-refractivity contribution in [1.29, 1.82) is 0 Å². The van der Waals surface area contributed by atoms with Crippen LogP contribution in [-0.4, -0.2) is 48.7 Å². The fraction of sp³-hybridized carbons (Fsp3) is 0.409. The Balaban J connectivity index is 1.33. The highest BCUT2D eigenvalue weighted by molar-refractivity contribution is 5.98. The van der Waals surface area contributed by atoms with Gasteiger partial charge < -0.3 is 19.7 Å². The molecule has 0 bridgehead atoms. The summed E-state index contributed by atoms with van der Waals surface area (Å²) >= 11 is 0. The van der Waals surface area contributed by atoms with Crippen LogP contribution in [0, 0.1) is 6.92 Å². The Morgan fingerprint density at radius 2 is 1.93 bits per heavy atom. The molecule has 2 amide bonds. The first-order valence-electron chi connectivity index (χ1n) is 9.97. The third-order valence-corrected chi connectivity index (χ3v) is 5.26. The second-order valence-corrected chi connectivity index (χ2v) is 7.53. The van der Waals surface area contributed by atoms with Crippen LogP contribution in [-0.2, 0) is 9.53 Å². The molecule has 29 heavy (non-hydrogen) atoms. The van der Waals surface area contributed by atoms with E-state index in [0.29, 0.717) is 31.2 Å². The number of aromatic nitrogens is 1. The van der Waals surface area contributed by atoms with Gasteiger partial charge in [0.05, 0.1) is 24.8 Å². The minimum Gasteiger partial charge on any atom is -0.474 e. The van der Waals surface area contributed by atoms with Crippen molar-refractivity contribution < 1.29 is 19.1 Å². The molecule has 0 radical (unpaired) electrons. The summed E-state index contributed by atoms with van der Waals surface area (Å²) in [7, 11) is 0. The number of hydrogen-bond donors (Lipinski definition) is 1. The van der Waals surface area contributed by atoms with Crippen molar-refractivity contribution in [2.24, 2.45) is 0 Å². The molecule has 2 fully saturated rings. The fourth-order valence-corrected chi connectivity index (χ4v) is 3.60. The average Bonchev–Trinajstić information content (AvgIpc) is 3.10. The van der Waals surface area contributed by atoms with E-state index >= 15 is 0 Å². The number of aryl methyl sites for hydroxylation is 1. The topological polar surface area (TPSA) is 80.8 Å². The number of ether oxygens (including phenoxy) is 2. The molecule has 2 aliphatic heterocycles. The molecule has 1 unspecified atom stereocenters. The van der Waals surface area contributed by atoms with Crippen LogP contribution in [0.3, 0.4) is 0 Å². The molecule has 152 valence electrons. The van der Waals surface area contributed by atoms with Crippen molar-refractivity contribution >= 4 is 17.5 Å². The van der Waals surface area contributed by atoms with E-state index in [-0.39, 0.29) is 30.4 Å². The van der Waals surface area contributed by atoms with E-state index in [4.69, 9.17) is 9.47 Å². The molecule has 0 spiro atoms. The third-order valence-electron chi connectivity index (χ3n) is 5.26. The Morgan fingerprint density at radius 1 is 1.17 bits per heavy atom. The molecule has 4 rings (SSSR count). The summed E-state index contributed by atoms with van der Waals surface area (Å²) in [5.74, 6) is 0.284. The SMILES string of the molecule is Cc1ccc(N2CC(NC(=O)c3ccc(OC4CCOCC4)nc3)CC2=O)cc1. The van der Waals surface area contributed by atoms with Crippen LogP contribution < -0.4 is 15.0 Å². The minimum absolute atomic E-state index is 0.0116. The number of nitrogens with zero attached hydrogens (tertiary/aromatic N) is 2. The van der Waals surface area contributed by atoms with Crippen molar-refractivity contribution in [1.82, 2.24) is 10.3 Å². The van der Waals surface area contributed by atoms with E-state index in [1.54, 1.807) is 17.0 Å². The molecule has 7 heteroatoms. The van der Waals surface area contributed by atoms with Gasteiger partial charge in [-0.15, -0.1) is 0 Å². The Bertz CT molecular complexity index is 861. The van der Waals surface area contributed by atoms with Crippen molar-refractivity contribution in [2.75, 3.05) is 24.7 Å². The molecule has 3 heterocycles. The smallest absolute Gasteiger partial charge is 0.253 e. The van der Waals surface area contributed by atoms with E-state index in [1.165, 1.54) is 6.20 Å². The lowest BCUT2D eigenvalue weighted by molar-refractivity contribution is -0.117. The summed E-state index contributed by atoms with van der Waals surface area (Å²) in [6.45, 7) is 3.87. The lowest BCUT2D eigenvalue weighted by atomic mass is 10.1. The zero-order valence-electron chi connectivity index (χ0n) is 16.5. The molecular formula is C22H25N3O4. The van der Waals surface area contributed by atoms with Crippen LogP contribution in [0.15, 0.2) is 42.6 Å². The molecule has 1 aromatic heterocycles. The minimum atomic E-state index is -0.237. The van der Waals surface area contributed by atoms with E-state index < -0.39 is 0 Å². The van der Waals surface area contributed by atoms with Crippen LogP contribution in [0.2, 0.25) is 0 Å². The number of rotatable bonds is 5. The Kier molecular flexibility index (Phi) is 5.76. The van der Waals surface area contributed by atoms with Crippen molar-refractivity contribution in [3.8, 4) is 5.88 Å². The first kappa shape index (κ1) is 19.4. The largest absolute Gasteiger partial charge is 0.474 e. The van der Waals surface area contributed by atoms with Crippen molar-refractivity contribution in [3.05, 3.63) is 53.7 Å². The van der Waals surface area contributed by atoms with Crippen molar-refractivity contribution in [2.45, 2.75) is 38.3 Å². The number of pyridine rings is 1. The summed E-state index contributed by atoms with van der Waals surface area (Å²) in [4.78, 5) is 30.9. The van der Waals surface area contributed by atoms with E-state index in [0.717, 1.165) is 24.1 Å². The van der Waals surface area contributed by atoms with E-state index in [9.17, 15) is 9.59 Å². The van der Waals surface area contributed by atoms with Crippen LogP contribution in [0.5, 0.6) is 5.88 Å². The highest BCUT2D eigenvalue weighted by atomic mass is 16.5. The zero-order chi connectivity index (χ0) is 20.2. The molecule has 7 nitrogen and oxygen atoms in total. The van der Waals surface area contributed by atoms with Crippen LogP contribution in [0.1, 0.15) is 35.2 Å². The maximum absolute atomic E-state index is 12.6. The first-order valence-corrected chi connectivity index (χ1v) is 9.97. The van der Waals surface area contributed by atoms with Gasteiger partial charge in [0.25, 0.3) is 5.91 Å². The van der Waals surface area contributed by atoms with Gasteiger partial charge in [-0.3, -0.25) is 9.59 Å². The molecule has 2 saturated heterocycles. The van der Waals surface area contributed by atoms with Crippen LogP contribution in [0.25, 0.3) is 0 Å². The zero-order valence-corrected chi connectivity index (χ0v) is 16.5. The molecule has 0 aliphatic carbocycles. The maximum atomic E-state index is 12.6. The standard InChI is InChI=1S/C22H25N3O4/c1-15-2-5-18(6-3-15)25-14-17(12-21(25)26)24-22(27)16-4-7-20(23-13-16)29-19-8-10-28-11-9-19/h2-7,13,17,19H,8-12,14H2,1H3,(H,24,27). The van der Waals surface area contributed by atoms with Gasteiger partial charge in [0.1, 0.15) is 6.10 Å². The van der Waals surface area contributed by atoms with Crippen molar-refractivity contribution in [3.63, 3.8) is 0 Å². The molecular weight excluding hydrogens is 370 g/mol. The van der Waals surface area contributed by atoms with Gasteiger partial charge in [0.15, 0.2) is 0 Å². The summed E-state index contributed by atoms with van der Waals surface area (Å²) < 4.78 is 11.2. The predicted molar refractivity (Wildman–Crippen MR) is 108 cm³/mol. The normalized spacial score (nSPS) is 20.0. The van der Waals surface area contributed by atoms with Gasteiger partial charge in [-0.05, 0) is 25.1 Å². The monoisotopic (exact) mass is 395 g/mol. The van der Waals surface area contributed by atoms with E-state index in [2.05, 4.69) is 10.3 Å². The van der Waals surface area contributed by atoms with Gasteiger partial charge >= 0.3 is 0 Å². The molecule has 2 aromatic rings. The molecule has 1 N–H and O–H groups in total. The summed E-state index contributed by atoms with van der Waals surface area (Å²) in [6, 6.07) is 11.0. The van der Waals surface area contributed by atoms with Gasteiger partial charge in [-0.1, -0.05) is 17.7 Å². The lowest BCUT2D eigenvalue weighted by Gasteiger charge is -2.22. The second kappa shape index (κ2) is 8.61. The number of carbonyl (C=O) groups is 2. The highest BCUT2D eigenvalue weighted by Crippen LogP contribution is 2.22. The van der Waals surface area contributed by atoms with E-state index in [1.807, 2.05) is 31.2 Å². The summed E-state index contributed by atoms with van der Waals surface area (Å²) in [5, 5.41) is 2.94. The van der Waals surface area contributed by atoms with Gasteiger partial charge in [-0.25, -0.2) is 4.98 Å². The number of anilines is 1. The predicted octanol–water partition coefficient (Wildman–Crippen LogP) is 2.48. The molecule has 1 aromatic carbocycles. The Labute approximate surface area is 170 Å². The number of benzene rings is 1. The van der Waals surface area contributed by atoms with Crippen LogP contribution in [0.4, 0.5) is 5.69 Å². The second-order valence-electron chi connectivity index (χ2n) is 7.53. The Hall–Kier alpha value is -2.93. The fourth-order valence-electron chi connectivity index (χ4n) is 3.60. The van der Waals surface area contributed by atoms with Gasteiger partial charge in [0.2, 0.25) is 11.8 Å². The van der Waals surface area contributed by atoms with Gasteiger partial charge in [0, 0.05) is 43.8 Å². The first-order chi connectivity index (χ1) is 14.1. The number of carbonyl (C=O) groups excluding carboxylic acids is 2. The average molecular weight is 395 g/mol. The molecule has 1 atom stereocenters. The summed E-state index contributed by atoms with van der Waals surface area (Å²) in [5.41, 5.74) is 2.45. The quantitative estimate of drug-likeness (QED) is 0.841. The lowest BCUT2D eigenvalue weighted by Crippen LogP contribution is -2.37. The van der Waals surface area contributed by atoms with Gasteiger partial charge in [-0.2, -0.15) is 0 Å². The van der Waals surface area contributed by atoms with Crippen LogP contribution >= 0.6 is 0 Å². The number of amides is 2. The Morgan fingerprint density at radius 3 is 2.62 bits per heavy atom. The third kappa shape index (κ3) is 4.74. The molecule has 2 aliphatic rings. The molecule has 0 saturated carbocycles. The number of hydrogen-bond acceptors (Lipinski definition) is 5. The maximum Gasteiger partial charge on any atom is 0.253 e.